The van der Waals surface area contributed by atoms with Crippen molar-refractivity contribution in [2.24, 2.45) is 0 Å². The molecule has 13 heavy (non-hydrogen) atoms. The van der Waals surface area contributed by atoms with Gasteiger partial charge in [-0.2, -0.15) is 0 Å². The first-order valence-corrected chi connectivity index (χ1v) is 4.49. The van der Waals surface area contributed by atoms with Crippen LogP contribution < -0.4 is 4.74 Å². The van der Waals surface area contributed by atoms with Crippen LogP contribution in [0.15, 0.2) is 30.3 Å². The second-order valence-corrected chi connectivity index (χ2v) is 3.35. The van der Waals surface area contributed by atoms with E-state index >= 15 is 0 Å². The Bertz CT molecular complexity index is 353. The molecule has 0 spiro atoms. The van der Waals surface area contributed by atoms with Gasteiger partial charge in [-0.3, -0.25) is 0 Å². The third-order valence-electron chi connectivity index (χ3n) is 2.37. The Labute approximate surface area is 76.8 Å². The first-order chi connectivity index (χ1) is 6.43. The van der Waals surface area contributed by atoms with E-state index in [4.69, 9.17) is 9.47 Å². The van der Waals surface area contributed by atoms with Crippen LogP contribution in [0.4, 0.5) is 0 Å². The predicted molar refractivity (Wildman–Crippen MR) is 49.6 cm³/mol. The summed E-state index contributed by atoms with van der Waals surface area (Å²) in [5.74, 6) is 0.963. The summed E-state index contributed by atoms with van der Waals surface area (Å²) in [5.41, 5.74) is 1.15. The van der Waals surface area contributed by atoms with Crippen LogP contribution in [-0.2, 0) is 4.74 Å². The summed E-state index contributed by atoms with van der Waals surface area (Å²) in [7, 11) is 0. The summed E-state index contributed by atoms with van der Waals surface area (Å²) in [5, 5.41) is 0. The van der Waals surface area contributed by atoms with Crippen molar-refractivity contribution >= 4 is 6.08 Å². The molecule has 0 aliphatic carbocycles. The number of rotatable bonds is 1. The molecule has 2 atom stereocenters. The zero-order valence-corrected chi connectivity index (χ0v) is 7.14. The topological polar surface area (TPSA) is 21.8 Å². The molecular weight excluding hydrogens is 164 g/mol. The van der Waals surface area contributed by atoms with Gasteiger partial charge in [-0.15, -0.1) is 0 Å². The molecule has 0 bridgehead atoms. The molecule has 2 unspecified atom stereocenters. The van der Waals surface area contributed by atoms with Crippen LogP contribution in [0, 0.1) is 0 Å². The van der Waals surface area contributed by atoms with Crippen molar-refractivity contribution in [2.45, 2.75) is 12.2 Å². The van der Waals surface area contributed by atoms with E-state index < -0.39 is 0 Å². The minimum atomic E-state index is 0.120. The highest BCUT2D eigenvalue weighted by atomic mass is 16.6. The molecule has 2 aliphatic rings. The van der Waals surface area contributed by atoms with Gasteiger partial charge in [-0.1, -0.05) is 24.3 Å². The van der Waals surface area contributed by atoms with Crippen molar-refractivity contribution in [2.75, 3.05) is 6.61 Å². The van der Waals surface area contributed by atoms with Crippen LogP contribution >= 0.6 is 0 Å². The Balaban J connectivity index is 1.93. The highest BCUT2D eigenvalue weighted by Crippen LogP contribution is 2.29. The summed E-state index contributed by atoms with van der Waals surface area (Å²) < 4.78 is 10.9. The lowest BCUT2D eigenvalue weighted by Gasteiger charge is -2.19. The van der Waals surface area contributed by atoms with Crippen LogP contribution in [0.25, 0.3) is 6.08 Å². The van der Waals surface area contributed by atoms with Crippen LogP contribution in [-0.4, -0.2) is 18.8 Å². The number of ether oxygens (including phenoxy) is 2. The average molecular weight is 174 g/mol. The monoisotopic (exact) mass is 174 g/mol. The van der Waals surface area contributed by atoms with Crippen LogP contribution in [0.3, 0.4) is 0 Å². The number of hydrogen-bond acceptors (Lipinski definition) is 2. The van der Waals surface area contributed by atoms with Gasteiger partial charge >= 0.3 is 0 Å². The van der Waals surface area contributed by atoms with E-state index in [1.165, 1.54) is 0 Å². The SMILES string of the molecule is C1=CC(C2CO2)Oc2ccccc21. The molecule has 1 aromatic carbocycles. The van der Waals surface area contributed by atoms with E-state index in [2.05, 4.69) is 18.2 Å². The lowest BCUT2D eigenvalue weighted by molar-refractivity contribution is 0.198. The fourth-order valence-corrected chi connectivity index (χ4v) is 1.56. The number of fused-ring (bicyclic) bond motifs is 1. The summed E-state index contributed by atoms with van der Waals surface area (Å²) in [6, 6.07) is 8.05. The Hall–Kier alpha value is -1.28. The van der Waals surface area contributed by atoms with Gasteiger partial charge in [-0.05, 0) is 12.1 Å². The van der Waals surface area contributed by atoms with Crippen LogP contribution in [0.5, 0.6) is 5.75 Å². The Kier molecular flexibility index (Phi) is 1.43. The molecule has 0 N–H and O–H groups in total. The smallest absolute Gasteiger partial charge is 0.146 e. The molecule has 2 heteroatoms. The molecule has 0 aromatic heterocycles. The first kappa shape index (κ1) is 7.15. The fraction of sp³-hybridized carbons (Fsp3) is 0.273. The lowest BCUT2D eigenvalue weighted by atomic mass is 10.1. The zero-order valence-electron chi connectivity index (χ0n) is 7.14. The zero-order chi connectivity index (χ0) is 8.67. The maximum Gasteiger partial charge on any atom is 0.146 e. The largest absolute Gasteiger partial charge is 0.483 e. The molecule has 2 nitrogen and oxygen atoms in total. The second kappa shape index (κ2) is 2.60. The van der Waals surface area contributed by atoms with Crippen molar-refractivity contribution in [3.63, 3.8) is 0 Å². The van der Waals surface area contributed by atoms with Crippen molar-refractivity contribution in [3.05, 3.63) is 35.9 Å². The summed E-state index contributed by atoms with van der Waals surface area (Å²) in [6.45, 7) is 0.831. The first-order valence-electron chi connectivity index (χ1n) is 4.49. The van der Waals surface area contributed by atoms with Gasteiger partial charge in [0.25, 0.3) is 0 Å². The molecule has 0 saturated carbocycles. The van der Waals surface area contributed by atoms with Gasteiger partial charge in [0.15, 0.2) is 0 Å². The maximum absolute atomic E-state index is 5.74. The second-order valence-electron chi connectivity index (χ2n) is 3.35. The Morgan fingerprint density at radius 2 is 2.08 bits per heavy atom. The number of benzene rings is 1. The van der Waals surface area contributed by atoms with Crippen molar-refractivity contribution in [3.8, 4) is 5.75 Å². The molecule has 2 aliphatic heterocycles. The third kappa shape index (κ3) is 1.23. The predicted octanol–water partition coefficient (Wildman–Crippen LogP) is 1.86. The van der Waals surface area contributed by atoms with Gasteiger partial charge in [0.1, 0.15) is 18.0 Å². The van der Waals surface area contributed by atoms with E-state index in [0.717, 1.165) is 17.9 Å². The maximum atomic E-state index is 5.74. The summed E-state index contributed by atoms with van der Waals surface area (Å²) >= 11 is 0. The molecule has 66 valence electrons. The summed E-state index contributed by atoms with van der Waals surface area (Å²) in [6.07, 6.45) is 4.57. The van der Waals surface area contributed by atoms with Crippen LogP contribution in [0.1, 0.15) is 5.56 Å². The minimum Gasteiger partial charge on any atom is -0.483 e. The number of para-hydroxylation sites is 1. The Morgan fingerprint density at radius 1 is 1.23 bits per heavy atom. The molecule has 1 aromatic rings. The molecule has 0 amide bonds. The number of hydrogen-bond donors (Lipinski definition) is 0. The van der Waals surface area contributed by atoms with Gasteiger partial charge < -0.3 is 9.47 Å². The standard InChI is InChI=1S/C11H10O2/c1-2-4-9-8(3-1)5-6-10(13-9)11-7-12-11/h1-6,10-11H,7H2. The van der Waals surface area contributed by atoms with Gasteiger partial charge in [0.2, 0.25) is 0 Å². The van der Waals surface area contributed by atoms with E-state index in [-0.39, 0.29) is 12.2 Å². The molecule has 1 fully saturated rings. The molecular formula is C11H10O2. The van der Waals surface area contributed by atoms with Gasteiger partial charge in [0.05, 0.1) is 6.61 Å². The van der Waals surface area contributed by atoms with E-state index in [1.54, 1.807) is 0 Å². The molecule has 2 heterocycles. The van der Waals surface area contributed by atoms with Crippen molar-refractivity contribution < 1.29 is 9.47 Å². The normalized spacial score (nSPS) is 29.2. The third-order valence-corrected chi connectivity index (χ3v) is 2.37. The van der Waals surface area contributed by atoms with Crippen molar-refractivity contribution in [1.29, 1.82) is 0 Å². The highest BCUT2D eigenvalue weighted by molar-refractivity contribution is 5.59. The quantitative estimate of drug-likeness (QED) is 0.606. The van der Waals surface area contributed by atoms with Gasteiger partial charge in [-0.25, -0.2) is 0 Å². The van der Waals surface area contributed by atoms with Crippen molar-refractivity contribution in [1.82, 2.24) is 0 Å². The fourth-order valence-electron chi connectivity index (χ4n) is 1.56. The molecule has 0 radical (unpaired) electrons. The van der Waals surface area contributed by atoms with Crippen LogP contribution in [0.2, 0.25) is 0 Å². The summed E-state index contributed by atoms with van der Waals surface area (Å²) in [4.78, 5) is 0. The Morgan fingerprint density at radius 3 is 2.92 bits per heavy atom. The lowest BCUT2D eigenvalue weighted by Crippen LogP contribution is -2.22. The highest BCUT2D eigenvalue weighted by Gasteiger charge is 2.34. The average Bonchev–Trinajstić information content (AvgIpc) is 3.00. The van der Waals surface area contributed by atoms with Gasteiger partial charge in [0, 0.05) is 5.56 Å². The minimum absolute atomic E-state index is 0.120. The van der Waals surface area contributed by atoms with E-state index in [0.29, 0.717) is 0 Å². The molecule has 1 saturated heterocycles. The van der Waals surface area contributed by atoms with E-state index in [9.17, 15) is 0 Å². The number of epoxide rings is 1. The van der Waals surface area contributed by atoms with E-state index in [1.807, 2.05) is 18.2 Å². The molecule has 3 rings (SSSR count).